The molecule has 7 heteroatoms. The van der Waals surface area contributed by atoms with E-state index in [1.807, 2.05) is 24.3 Å². The number of carbonyl (C=O) groups is 1. The Bertz CT molecular complexity index is 713. The largest absolute Gasteiger partial charge is 0.381 e. The summed E-state index contributed by atoms with van der Waals surface area (Å²) in [6, 6.07) is 7.99. The number of anilines is 1. The molecule has 1 amide bonds. The average Bonchev–Trinajstić information content (AvgIpc) is 3.36. The molecule has 0 unspecified atom stereocenters. The number of amides is 1. The molecule has 0 atom stereocenters. The van der Waals surface area contributed by atoms with Gasteiger partial charge in [-0.25, -0.2) is 4.99 Å². The van der Waals surface area contributed by atoms with E-state index in [0.29, 0.717) is 12.5 Å². The normalized spacial score (nSPS) is 18.0. The molecule has 1 aliphatic carbocycles. The number of benzene rings is 1. The van der Waals surface area contributed by atoms with Gasteiger partial charge in [0.2, 0.25) is 5.91 Å². The Labute approximate surface area is 192 Å². The summed E-state index contributed by atoms with van der Waals surface area (Å²) in [5.74, 6) is 1.77. The minimum absolute atomic E-state index is 0.150. The molecular formula is C25H40N4O3. The van der Waals surface area contributed by atoms with Crippen molar-refractivity contribution >= 4 is 17.6 Å². The van der Waals surface area contributed by atoms with Crippen molar-refractivity contribution in [2.45, 2.75) is 58.4 Å². The topological polar surface area (TPSA) is 84.0 Å². The first kappa shape index (κ1) is 24.5. The molecule has 2 fully saturated rings. The second-order valence-electron chi connectivity index (χ2n) is 8.78. The van der Waals surface area contributed by atoms with Crippen LogP contribution in [0, 0.1) is 11.8 Å². The fourth-order valence-corrected chi connectivity index (χ4v) is 4.24. The number of ether oxygens (including phenoxy) is 2. The minimum atomic E-state index is 0.150. The first-order chi connectivity index (χ1) is 15.7. The van der Waals surface area contributed by atoms with Crippen molar-refractivity contribution in [3.8, 4) is 0 Å². The Morgan fingerprint density at radius 1 is 1.16 bits per heavy atom. The molecular weight excluding hydrogens is 404 g/mol. The standard InChI is InChI=1S/C25H40N4O3/c1-2-26-25(27-13-6-14-32-19-20-11-15-31-16-12-20)28-18-21-7-5-10-23(17-21)29-24(30)22-8-3-4-9-22/h5,7,10,17,20,22H,2-4,6,8-9,11-16,18-19H2,1H3,(H,29,30)(H2,26,27,28). The molecule has 0 aromatic heterocycles. The summed E-state index contributed by atoms with van der Waals surface area (Å²) in [7, 11) is 0. The summed E-state index contributed by atoms with van der Waals surface area (Å²) in [6.07, 6.45) is 7.50. The lowest BCUT2D eigenvalue weighted by Gasteiger charge is -2.21. The summed E-state index contributed by atoms with van der Waals surface area (Å²) >= 11 is 0. The molecule has 1 saturated carbocycles. The number of nitrogens with zero attached hydrogens (tertiary/aromatic N) is 1. The molecule has 1 heterocycles. The van der Waals surface area contributed by atoms with Crippen LogP contribution in [0.5, 0.6) is 0 Å². The van der Waals surface area contributed by atoms with E-state index in [-0.39, 0.29) is 11.8 Å². The monoisotopic (exact) mass is 444 g/mol. The third kappa shape index (κ3) is 8.79. The fraction of sp³-hybridized carbons (Fsp3) is 0.680. The number of carbonyl (C=O) groups excluding carboxylic acids is 1. The summed E-state index contributed by atoms with van der Waals surface area (Å²) in [6.45, 7) is 7.58. The van der Waals surface area contributed by atoms with E-state index in [1.54, 1.807) is 0 Å². The molecule has 178 valence electrons. The number of aliphatic imine (C=N–C) groups is 1. The summed E-state index contributed by atoms with van der Waals surface area (Å²) in [5, 5.41) is 9.75. The van der Waals surface area contributed by atoms with Crippen LogP contribution in [-0.2, 0) is 20.8 Å². The van der Waals surface area contributed by atoms with E-state index in [4.69, 9.17) is 14.5 Å². The van der Waals surface area contributed by atoms with Gasteiger partial charge < -0.3 is 25.4 Å². The maximum absolute atomic E-state index is 12.4. The Balaban J connectivity index is 1.38. The molecule has 1 saturated heterocycles. The van der Waals surface area contributed by atoms with E-state index < -0.39 is 0 Å². The highest BCUT2D eigenvalue weighted by Gasteiger charge is 2.22. The number of rotatable bonds is 11. The lowest BCUT2D eigenvalue weighted by molar-refractivity contribution is -0.119. The first-order valence-corrected chi connectivity index (χ1v) is 12.3. The number of hydrogen-bond acceptors (Lipinski definition) is 4. The second kappa shape index (κ2) is 14.1. The zero-order chi connectivity index (χ0) is 22.4. The highest BCUT2D eigenvalue weighted by molar-refractivity contribution is 5.92. The first-order valence-electron chi connectivity index (χ1n) is 12.3. The van der Waals surface area contributed by atoms with E-state index in [9.17, 15) is 4.79 Å². The SMILES string of the molecule is CCNC(=NCc1cccc(NC(=O)C2CCCC2)c1)NCCCOCC1CCOCC1. The predicted octanol–water partition coefficient (Wildman–Crippen LogP) is 3.70. The van der Waals surface area contributed by atoms with Crippen molar-refractivity contribution in [1.29, 1.82) is 0 Å². The van der Waals surface area contributed by atoms with Crippen molar-refractivity contribution in [1.82, 2.24) is 10.6 Å². The van der Waals surface area contributed by atoms with Gasteiger partial charge in [-0.1, -0.05) is 25.0 Å². The summed E-state index contributed by atoms with van der Waals surface area (Å²) < 4.78 is 11.2. The van der Waals surface area contributed by atoms with Gasteiger partial charge in [0.15, 0.2) is 5.96 Å². The summed E-state index contributed by atoms with van der Waals surface area (Å²) in [5.41, 5.74) is 1.93. The average molecular weight is 445 g/mol. The number of guanidine groups is 1. The van der Waals surface area contributed by atoms with Crippen molar-refractivity contribution in [2.24, 2.45) is 16.8 Å². The molecule has 3 rings (SSSR count). The molecule has 7 nitrogen and oxygen atoms in total. The molecule has 32 heavy (non-hydrogen) atoms. The molecule has 0 radical (unpaired) electrons. The Morgan fingerprint density at radius 3 is 2.75 bits per heavy atom. The van der Waals surface area contributed by atoms with E-state index in [2.05, 4.69) is 22.9 Å². The van der Waals surface area contributed by atoms with Crippen LogP contribution in [0.2, 0.25) is 0 Å². The molecule has 0 bridgehead atoms. The van der Waals surface area contributed by atoms with E-state index >= 15 is 0 Å². The van der Waals surface area contributed by atoms with Gasteiger partial charge in [-0.15, -0.1) is 0 Å². The van der Waals surface area contributed by atoms with Crippen LogP contribution in [0.4, 0.5) is 5.69 Å². The van der Waals surface area contributed by atoms with Crippen molar-refractivity contribution in [3.63, 3.8) is 0 Å². The van der Waals surface area contributed by atoms with Crippen LogP contribution in [0.3, 0.4) is 0 Å². The summed E-state index contributed by atoms with van der Waals surface area (Å²) in [4.78, 5) is 17.1. The predicted molar refractivity (Wildman–Crippen MR) is 129 cm³/mol. The van der Waals surface area contributed by atoms with Gasteiger partial charge in [0, 0.05) is 51.1 Å². The lowest BCUT2D eigenvalue weighted by Crippen LogP contribution is -2.38. The smallest absolute Gasteiger partial charge is 0.227 e. The van der Waals surface area contributed by atoms with Crippen LogP contribution in [-0.4, -0.2) is 51.4 Å². The number of nitrogens with one attached hydrogen (secondary N) is 3. The van der Waals surface area contributed by atoms with Crippen LogP contribution in [0.1, 0.15) is 57.4 Å². The van der Waals surface area contributed by atoms with Crippen LogP contribution in [0.25, 0.3) is 0 Å². The van der Waals surface area contributed by atoms with Gasteiger partial charge in [-0.2, -0.15) is 0 Å². The van der Waals surface area contributed by atoms with Gasteiger partial charge in [0.1, 0.15) is 0 Å². The second-order valence-corrected chi connectivity index (χ2v) is 8.78. The molecule has 1 aliphatic heterocycles. The van der Waals surface area contributed by atoms with Gasteiger partial charge in [0.05, 0.1) is 6.54 Å². The molecule has 1 aromatic carbocycles. The van der Waals surface area contributed by atoms with Crippen molar-refractivity contribution in [3.05, 3.63) is 29.8 Å². The third-order valence-electron chi connectivity index (χ3n) is 6.14. The van der Waals surface area contributed by atoms with Gasteiger partial charge in [-0.05, 0) is 62.6 Å². The Kier molecular flexibility index (Phi) is 10.8. The van der Waals surface area contributed by atoms with E-state index in [0.717, 1.165) is 102 Å². The quantitative estimate of drug-likeness (QED) is 0.275. The highest BCUT2D eigenvalue weighted by atomic mass is 16.5. The highest BCUT2D eigenvalue weighted by Crippen LogP contribution is 2.26. The maximum Gasteiger partial charge on any atom is 0.227 e. The van der Waals surface area contributed by atoms with Crippen LogP contribution in [0.15, 0.2) is 29.3 Å². The van der Waals surface area contributed by atoms with Crippen LogP contribution >= 0.6 is 0 Å². The minimum Gasteiger partial charge on any atom is -0.381 e. The Morgan fingerprint density at radius 2 is 1.97 bits per heavy atom. The molecule has 1 aromatic rings. The molecule has 0 spiro atoms. The molecule has 2 aliphatic rings. The molecule has 3 N–H and O–H groups in total. The maximum atomic E-state index is 12.4. The Hall–Kier alpha value is -2.12. The van der Waals surface area contributed by atoms with Gasteiger partial charge in [-0.3, -0.25) is 4.79 Å². The number of hydrogen-bond donors (Lipinski definition) is 3. The third-order valence-corrected chi connectivity index (χ3v) is 6.14. The van der Waals surface area contributed by atoms with Gasteiger partial charge in [0.25, 0.3) is 0 Å². The van der Waals surface area contributed by atoms with Crippen LogP contribution < -0.4 is 16.0 Å². The lowest BCUT2D eigenvalue weighted by atomic mass is 10.0. The van der Waals surface area contributed by atoms with E-state index in [1.165, 1.54) is 0 Å². The van der Waals surface area contributed by atoms with Crippen molar-refractivity contribution in [2.75, 3.05) is 44.8 Å². The zero-order valence-electron chi connectivity index (χ0n) is 19.5. The fourth-order valence-electron chi connectivity index (χ4n) is 4.24. The van der Waals surface area contributed by atoms with Crippen molar-refractivity contribution < 1.29 is 14.3 Å². The van der Waals surface area contributed by atoms with Gasteiger partial charge >= 0.3 is 0 Å². The zero-order valence-corrected chi connectivity index (χ0v) is 19.5.